The summed E-state index contributed by atoms with van der Waals surface area (Å²) in [5.74, 6) is -4.77. The first-order valence-electron chi connectivity index (χ1n) is 7.18. The third-order valence-corrected chi connectivity index (χ3v) is 3.58. The highest BCUT2D eigenvalue weighted by molar-refractivity contribution is 5.78. The molecule has 1 atom stereocenters. The molecular weight excluding hydrogens is 333 g/mol. The van der Waals surface area contributed by atoms with E-state index < -0.39 is 23.3 Å². The van der Waals surface area contributed by atoms with Crippen molar-refractivity contribution in [3.05, 3.63) is 59.6 Å². The predicted octanol–water partition coefficient (Wildman–Crippen LogP) is 1.88. The van der Waals surface area contributed by atoms with Gasteiger partial charge in [-0.2, -0.15) is 0 Å². The Bertz CT molecular complexity index is 881. The maximum Gasteiger partial charge on any atom is 0.255 e. The average Bonchev–Trinajstić information content (AvgIpc) is 2.53. The third kappa shape index (κ3) is 2.88. The molecule has 0 saturated carbocycles. The van der Waals surface area contributed by atoms with E-state index in [1.807, 2.05) is 5.48 Å². The van der Waals surface area contributed by atoms with Crippen molar-refractivity contribution in [1.82, 2.24) is 5.48 Å². The highest BCUT2D eigenvalue weighted by Crippen LogP contribution is 2.50. The first-order chi connectivity index (χ1) is 11.8. The first kappa shape index (κ1) is 16.7. The standard InChI is InChI=1S/C17H14FNO6/c1-9(20)19-25-17(23)12(11-4-2-3-5-13(11)18)8-24-15-7-10(21)6-14(22)16(15)17/h2-8,21-23H,1H3,(H,19,20). The van der Waals surface area contributed by atoms with Crippen molar-refractivity contribution in [2.75, 3.05) is 0 Å². The van der Waals surface area contributed by atoms with Gasteiger partial charge in [0.15, 0.2) is 0 Å². The number of hydrogen-bond donors (Lipinski definition) is 4. The van der Waals surface area contributed by atoms with Crippen LogP contribution in [0.3, 0.4) is 0 Å². The lowest BCUT2D eigenvalue weighted by molar-refractivity contribution is -0.211. The van der Waals surface area contributed by atoms with Crippen LogP contribution < -0.4 is 10.2 Å². The van der Waals surface area contributed by atoms with E-state index in [0.717, 1.165) is 25.3 Å². The first-order valence-corrected chi connectivity index (χ1v) is 7.18. The maximum absolute atomic E-state index is 14.2. The maximum atomic E-state index is 14.2. The molecule has 130 valence electrons. The van der Waals surface area contributed by atoms with Gasteiger partial charge in [-0.1, -0.05) is 18.2 Å². The van der Waals surface area contributed by atoms with Crippen molar-refractivity contribution in [2.24, 2.45) is 0 Å². The Balaban J connectivity index is 2.20. The van der Waals surface area contributed by atoms with Crippen molar-refractivity contribution in [1.29, 1.82) is 0 Å². The molecule has 0 saturated heterocycles. The summed E-state index contributed by atoms with van der Waals surface area (Å²) in [5.41, 5.74) is 1.44. The zero-order valence-corrected chi connectivity index (χ0v) is 13.0. The summed E-state index contributed by atoms with van der Waals surface area (Å²) in [4.78, 5) is 16.3. The fourth-order valence-electron chi connectivity index (χ4n) is 2.53. The lowest BCUT2D eigenvalue weighted by Crippen LogP contribution is -2.40. The monoisotopic (exact) mass is 347 g/mol. The second-order valence-corrected chi connectivity index (χ2v) is 5.37. The molecule has 1 heterocycles. The van der Waals surface area contributed by atoms with Gasteiger partial charge in [0.25, 0.3) is 5.79 Å². The van der Waals surface area contributed by atoms with Gasteiger partial charge >= 0.3 is 0 Å². The second-order valence-electron chi connectivity index (χ2n) is 5.37. The Kier molecular flexibility index (Phi) is 4.07. The van der Waals surface area contributed by atoms with Gasteiger partial charge in [-0.25, -0.2) is 14.7 Å². The highest BCUT2D eigenvalue weighted by Gasteiger charge is 2.46. The van der Waals surface area contributed by atoms with E-state index in [0.29, 0.717) is 0 Å². The van der Waals surface area contributed by atoms with Gasteiger partial charge in [0.2, 0.25) is 5.91 Å². The molecule has 0 aliphatic carbocycles. The quantitative estimate of drug-likeness (QED) is 0.499. The Labute approximate surface area is 141 Å². The topological polar surface area (TPSA) is 108 Å². The van der Waals surface area contributed by atoms with Crippen molar-refractivity contribution in [3.63, 3.8) is 0 Å². The number of rotatable bonds is 3. The molecule has 8 heteroatoms. The summed E-state index contributed by atoms with van der Waals surface area (Å²) in [7, 11) is 0. The number of carbonyl (C=O) groups excluding carboxylic acids is 1. The van der Waals surface area contributed by atoms with Crippen LogP contribution in [0.15, 0.2) is 42.7 Å². The zero-order chi connectivity index (χ0) is 18.2. The van der Waals surface area contributed by atoms with Gasteiger partial charge in [0, 0.05) is 24.6 Å². The minimum absolute atomic E-state index is 0.0616. The molecule has 4 N–H and O–H groups in total. The largest absolute Gasteiger partial charge is 0.508 e. The van der Waals surface area contributed by atoms with Crippen molar-refractivity contribution >= 4 is 11.5 Å². The van der Waals surface area contributed by atoms with Crippen LogP contribution in [0.5, 0.6) is 17.2 Å². The van der Waals surface area contributed by atoms with Crippen LogP contribution in [-0.2, 0) is 15.4 Å². The molecular formula is C17H14FNO6. The van der Waals surface area contributed by atoms with Crippen LogP contribution in [-0.4, -0.2) is 21.2 Å². The smallest absolute Gasteiger partial charge is 0.255 e. The van der Waals surface area contributed by atoms with Crippen LogP contribution in [0.25, 0.3) is 5.57 Å². The van der Waals surface area contributed by atoms with E-state index in [-0.39, 0.29) is 28.2 Å². The van der Waals surface area contributed by atoms with Gasteiger partial charge in [-0.05, 0) is 6.07 Å². The summed E-state index contributed by atoms with van der Waals surface area (Å²) >= 11 is 0. The number of fused-ring (bicyclic) bond motifs is 1. The number of phenolic OH excluding ortho intramolecular Hbond substituents is 2. The van der Waals surface area contributed by atoms with E-state index in [4.69, 9.17) is 9.57 Å². The second kappa shape index (κ2) is 6.08. The minimum atomic E-state index is -2.46. The average molecular weight is 347 g/mol. The molecule has 2 aromatic carbocycles. The lowest BCUT2D eigenvalue weighted by atomic mass is 9.89. The zero-order valence-electron chi connectivity index (χ0n) is 13.0. The van der Waals surface area contributed by atoms with E-state index in [1.165, 1.54) is 24.3 Å². The summed E-state index contributed by atoms with van der Waals surface area (Å²) < 4.78 is 19.5. The number of ether oxygens (including phenoxy) is 1. The molecule has 0 radical (unpaired) electrons. The number of hydrogen-bond acceptors (Lipinski definition) is 6. The number of phenols is 2. The molecule has 25 heavy (non-hydrogen) atoms. The number of benzene rings is 2. The van der Waals surface area contributed by atoms with E-state index in [2.05, 4.69) is 0 Å². The van der Waals surface area contributed by atoms with Crippen LogP contribution in [0.2, 0.25) is 0 Å². The van der Waals surface area contributed by atoms with Crippen molar-refractivity contribution in [3.8, 4) is 17.2 Å². The summed E-state index contributed by atoms with van der Waals surface area (Å²) in [5, 5.41) is 30.8. The molecule has 2 aromatic rings. The molecule has 0 aromatic heterocycles. The molecule has 1 unspecified atom stereocenters. The Hall–Kier alpha value is -3.10. The van der Waals surface area contributed by atoms with Crippen LogP contribution in [0.1, 0.15) is 18.1 Å². The van der Waals surface area contributed by atoms with Gasteiger partial charge in [-0.15, -0.1) is 0 Å². The highest BCUT2D eigenvalue weighted by atomic mass is 19.1. The van der Waals surface area contributed by atoms with Gasteiger partial charge in [0.05, 0.1) is 5.57 Å². The minimum Gasteiger partial charge on any atom is -0.508 e. The number of hydroxylamine groups is 1. The van der Waals surface area contributed by atoms with Crippen LogP contribution in [0, 0.1) is 5.82 Å². The molecule has 0 spiro atoms. The molecule has 1 aliphatic heterocycles. The van der Waals surface area contributed by atoms with E-state index >= 15 is 0 Å². The fourth-order valence-corrected chi connectivity index (χ4v) is 2.53. The van der Waals surface area contributed by atoms with Crippen molar-refractivity contribution < 1.29 is 34.1 Å². The molecule has 0 fully saturated rings. The molecule has 3 rings (SSSR count). The Morgan fingerprint density at radius 1 is 1.28 bits per heavy atom. The summed E-state index contributed by atoms with van der Waals surface area (Å²) in [6.45, 7) is 1.15. The molecule has 1 amide bonds. The molecule has 0 bridgehead atoms. The third-order valence-electron chi connectivity index (χ3n) is 3.58. The predicted molar refractivity (Wildman–Crippen MR) is 83.6 cm³/mol. The number of carbonyl (C=O) groups is 1. The van der Waals surface area contributed by atoms with Crippen molar-refractivity contribution in [2.45, 2.75) is 12.7 Å². The Morgan fingerprint density at radius 3 is 2.68 bits per heavy atom. The van der Waals surface area contributed by atoms with Gasteiger partial charge < -0.3 is 20.1 Å². The number of halogens is 1. The molecule has 1 aliphatic rings. The van der Waals surface area contributed by atoms with E-state index in [1.54, 1.807) is 0 Å². The SMILES string of the molecule is CC(=O)NOC1(O)C(c2ccccc2F)=COc2cc(O)cc(O)c21. The normalized spacial score (nSPS) is 18.8. The number of amides is 1. The lowest BCUT2D eigenvalue weighted by Gasteiger charge is -2.34. The number of aromatic hydroxyl groups is 2. The number of nitrogens with one attached hydrogen (secondary N) is 1. The van der Waals surface area contributed by atoms with Crippen LogP contribution in [0.4, 0.5) is 4.39 Å². The summed E-state index contributed by atoms with van der Waals surface area (Å²) in [6, 6.07) is 7.61. The van der Waals surface area contributed by atoms with Gasteiger partial charge in [-0.3, -0.25) is 4.79 Å². The Morgan fingerprint density at radius 2 is 2.00 bits per heavy atom. The fraction of sp³-hybridized carbons (Fsp3) is 0.118. The van der Waals surface area contributed by atoms with Gasteiger partial charge in [0.1, 0.15) is 34.9 Å². The molecule has 7 nitrogen and oxygen atoms in total. The summed E-state index contributed by atoms with van der Waals surface area (Å²) in [6.07, 6.45) is 1.02. The van der Waals surface area contributed by atoms with E-state index in [9.17, 15) is 24.5 Å². The number of aliphatic hydroxyl groups is 1. The van der Waals surface area contributed by atoms with Crippen LogP contribution >= 0.6 is 0 Å².